The Morgan fingerprint density at radius 2 is 2.17 bits per heavy atom. The molecule has 0 unspecified atom stereocenters. The normalized spacial score (nSPS) is 63.3. The van der Waals surface area contributed by atoms with E-state index in [0.29, 0.717) is 12.0 Å². The summed E-state index contributed by atoms with van der Waals surface area (Å²) in [6.45, 7) is 1.61. The lowest BCUT2D eigenvalue weighted by atomic mass is 9.58. The second-order valence-electron chi connectivity index (χ2n) is 4.25. The molecule has 0 saturated carbocycles. The van der Waals surface area contributed by atoms with Crippen molar-refractivity contribution < 1.29 is 9.47 Å². The van der Waals surface area contributed by atoms with Gasteiger partial charge in [-0.3, -0.25) is 0 Å². The lowest BCUT2D eigenvalue weighted by Crippen LogP contribution is -2.48. The highest BCUT2D eigenvalue weighted by Crippen LogP contribution is 2.64. The molecule has 12 heavy (non-hydrogen) atoms. The minimum Gasteiger partial charge on any atom is -0.377 e. The van der Waals surface area contributed by atoms with E-state index < -0.39 is 0 Å². The Balaban J connectivity index is 2.01. The smallest absolute Gasteiger partial charge is 0.122 e. The van der Waals surface area contributed by atoms with Crippen LogP contribution in [0.4, 0.5) is 0 Å². The van der Waals surface area contributed by atoms with Crippen LogP contribution in [-0.2, 0) is 9.47 Å². The molecule has 2 bridgehead atoms. The van der Waals surface area contributed by atoms with Crippen molar-refractivity contribution in [3.63, 3.8) is 0 Å². The van der Waals surface area contributed by atoms with Crippen molar-refractivity contribution in [3.05, 3.63) is 24.3 Å². The van der Waals surface area contributed by atoms with Crippen molar-refractivity contribution >= 4 is 0 Å². The molecular formula is C10H10O2. The van der Waals surface area contributed by atoms with Crippen LogP contribution in [-0.4, -0.2) is 24.9 Å². The molecule has 4 atom stereocenters. The predicted octanol–water partition coefficient (Wildman–Crippen LogP) is 0.896. The van der Waals surface area contributed by atoms with Crippen LogP contribution in [0.1, 0.15) is 0 Å². The van der Waals surface area contributed by atoms with Gasteiger partial charge in [-0.1, -0.05) is 24.3 Å². The van der Waals surface area contributed by atoms with Crippen molar-refractivity contribution in [3.8, 4) is 0 Å². The predicted molar refractivity (Wildman–Crippen MR) is 42.6 cm³/mol. The summed E-state index contributed by atoms with van der Waals surface area (Å²) in [5.74, 6) is 0.602. The van der Waals surface area contributed by atoms with Gasteiger partial charge < -0.3 is 9.47 Å². The first kappa shape index (κ1) is 5.95. The Hall–Kier alpha value is -0.600. The average Bonchev–Trinajstić information content (AvgIpc) is 2.60. The quantitative estimate of drug-likeness (QED) is 0.493. The summed E-state index contributed by atoms with van der Waals surface area (Å²) >= 11 is 0. The molecule has 62 valence electrons. The first-order chi connectivity index (χ1) is 5.86. The van der Waals surface area contributed by atoms with E-state index in [0.717, 1.165) is 13.2 Å². The zero-order chi connectivity index (χ0) is 7.81. The number of rotatable bonds is 0. The van der Waals surface area contributed by atoms with Crippen molar-refractivity contribution in [2.75, 3.05) is 13.2 Å². The first-order valence-electron chi connectivity index (χ1n) is 4.51. The Labute approximate surface area is 70.8 Å². The van der Waals surface area contributed by atoms with E-state index in [-0.39, 0.29) is 11.0 Å². The van der Waals surface area contributed by atoms with Crippen LogP contribution in [0.15, 0.2) is 24.3 Å². The molecule has 3 aliphatic heterocycles. The molecule has 2 nitrogen and oxygen atoms in total. The van der Waals surface area contributed by atoms with E-state index in [2.05, 4.69) is 24.3 Å². The van der Waals surface area contributed by atoms with Crippen LogP contribution < -0.4 is 0 Å². The molecule has 0 amide bonds. The van der Waals surface area contributed by atoms with E-state index in [4.69, 9.17) is 9.47 Å². The standard InChI is InChI=1S/C10H10O2/c1-3-9-5-11-6-10(9)4-2-8(12-10)7(1)9/h1-4,7-8H,5-6H2/t7-,8+,9+,10+/m1/s1. The first-order valence-corrected chi connectivity index (χ1v) is 4.51. The van der Waals surface area contributed by atoms with E-state index in [9.17, 15) is 0 Å². The van der Waals surface area contributed by atoms with Gasteiger partial charge in [0.2, 0.25) is 0 Å². The molecule has 0 aromatic carbocycles. The van der Waals surface area contributed by atoms with Crippen LogP contribution in [0.25, 0.3) is 0 Å². The highest BCUT2D eigenvalue weighted by atomic mass is 16.6. The van der Waals surface area contributed by atoms with Gasteiger partial charge in [-0.15, -0.1) is 0 Å². The molecule has 4 rings (SSSR count). The lowest BCUT2D eigenvalue weighted by molar-refractivity contribution is -0.000535. The van der Waals surface area contributed by atoms with Gasteiger partial charge in [-0.2, -0.15) is 0 Å². The van der Waals surface area contributed by atoms with Crippen LogP contribution in [0.2, 0.25) is 0 Å². The fourth-order valence-electron chi connectivity index (χ4n) is 3.15. The third-order valence-electron chi connectivity index (χ3n) is 3.90. The summed E-state index contributed by atoms with van der Waals surface area (Å²) in [5, 5.41) is 0. The minimum atomic E-state index is -0.0723. The van der Waals surface area contributed by atoms with Crippen LogP contribution in [0.3, 0.4) is 0 Å². The molecule has 2 spiro atoms. The summed E-state index contributed by atoms with van der Waals surface area (Å²) in [5.41, 5.74) is 0.156. The van der Waals surface area contributed by atoms with Gasteiger partial charge in [-0.05, 0) is 0 Å². The van der Waals surface area contributed by atoms with Crippen LogP contribution in [0, 0.1) is 11.3 Å². The zero-order valence-electron chi connectivity index (χ0n) is 6.69. The van der Waals surface area contributed by atoms with E-state index in [1.807, 2.05) is 0 Å². The number of ether oxygens (including phenoxy) is 2. The van der Waals surface area contributed by atoms with Gasteiger partial charge in [0.25, 0.3) is 0 Å². The number of hydrogen-bond acceptors (Lipinski definition) is 2. The average molecular weight is 162 g/mol. The zero-order valence-corrected chi connectivity index (χ0v) is 6.69. The third-order valence-corrected chi connectivity index (χ3v) is 3.90. The molecule has 4 aliphatic rings. The fraction of sp³-hybridized carbons (Fsp3) is 0.600. The summed E-state index contributed by atoms with van der Waals surface area (Å²) in [6, 6.07) is 0. The second-order valence-corrected chi connectivity index (χ2v) is 4.25. The minimum absolute atomic E-state index is 0.0723. The van der Waals surface area contributed by atoms with Crippen LogP contribution in [0.5, 0.6) is 0 Å². The molecule has 0 aromatic rings. The molecule has 2 heteroatoms. The lowest BCUT2D eigenvalue weighted by Gasteiger charge is -2.42. The van der Waals surface area contributed by atoms with Gasteiger partial charge in [0.05, 0.1) is 24.7 Å². The molecule has 0 aromatic heterocycles. The summed E-state index contributed by atoms with van der Waals surface area (Å²) < 4.78 is 11.5. The Morgan fingerprint density at radius 3 is 2.92 bits per heavy atom. The Morgan fingerprint density at radius 1 is 1.17 bits per heavy atom. The molecule has 1 aliphatic carbocycles. The Bertz CT molecular complexity index is 316. The van der Waals surface area contributed by atoms with Gasteiger partial charge in [0, 0.05) is 5.92 Å². The van der Waals surface area contributed by atoms with Crippen molar-refractivity contribution in [2.45, 2.75) is 11.7 Å². The fourth-order valence-corrected chi connectivity index (χ4v) is 3.15. The SMILES string of the molecule is C1=C[C@]23COC[C@]24C=C[C@@H]4[C@H]1O3. The second kappa shape index (κ2) is 1.42. The third kappa shape index (κ3) is 0.352. The maximum atomic E-state index is 5.96. The highest BCUT2D eigenvalue weighted by molar-refractivity contribution is 5.42. The van der Waals surface area contributed by atoms with E-state index in [1.165, 1.54) is 0 Å². The highest BCUT2D eigenvalue weighted by Gasteiger charge is 2.70. The van der Waals surface area contributed by atoms with Gasteiger partial charge in [0.15, 0.2) is 0 Å². The molecular weight excluding hydrogens is 152 g/mol. The molecule has 0 radical (unpaired) electrons. The van der Waals surface area contributed by atoms with Crippen molar-refractivity contribution in [2.24, 2.45) is 11.3 Å². The summed E-state index contributed by atoms with van der Waals surface area (Å²) in [7, 11) is 0. The molecule has 0 N–H and O–H groups in total. The Kier molecular flexibility index (Phi) is 0.706. The molecule has 3 heterocycles. The van der Waals surface area contributed by atoms with Gasteiger partial charge in [0.1, 0.15) is 5.60 Å². The maximum Gasteiger partial charge on any atom is 0.122 e. The topological polar surface area (TPSA) is 18.5 Å². The van der Waals surface area contributed by atoms with Crippen molar-refractivity contribution in [1.82, 2.24) is 0 Å². The van der Waals surface area contributed by atoms with E-state index in [1.54, 1.807) is 0 Å². The summed E-state index contributed by atoms with van der Waals surface area (Å²) in [6.07, 6.45) is 9.31. The molecule has 2 saturated heterocycles. The number of hydrogen-bond donors (Lipinski definition) is 0. The maximum absolute atomic E-state index is 5.96. The van der Waals surface area contributed by atoms with Crippen LogP contribution >= 0.6 is 0 Å². The van der Waals surface area contributed by atoms with Crippen molar-refractivity contribution in [1.29, 1.82) is 0 Å². The monoisotopic (exact) mass is 162 g/mol. The summed E-state index contributed by atoms with van der Waals surface area (Å²) in [4.78, 5) is 0. The molecule has 2 fully saturated rings. The van der Waals surface area contributed by atoms with Gasteiger partial charge >= 0.3 is 0 Å². The largest absolute Gasteiger partial charge is 0.377 e. The number of fused-ring (bicyclic) bond motifs is 2. The van der Waals surface area contributed by atoms with E-state index >= 15 is 0 Å². The van der Waals surface area contributed by atoms with Gasteiger partial charge in [-0.25, -0.2) is 0 Å².